The number of rotatable bonds is 6. The summed E-state index contributed by atoms with van der Waals surface area (Å²) in [6.45, 7) is 1.72. The molecule has 0 fully saturated rings. The predicted molar refractivity (Wildman–Crippen MR) is 95.0 cm³/mol. The van der Waals surface area contributed by atoms with E-state index in [4.69, 9.17) is 0 Å². The van der Waals surface area contributed by atoms with Crippen LogP contribution in [0.1, 0.15) is 11.5 Å². The van der Waals surface area contributed by atoms with Gasteiger partial charge in [0.25, 0.3) is 5.69 Å². The first-order chi connectivity index (χ1) is 12.4. The molecule has 0 aliphatic heterocycles. The van der Waals surface area contributed by atoms with Crippen molar-refractivity contribution in [3.63, 3.8) is 0 Å². The van der Waals surface area contributed by atoms with Crippen molar-refractivity contribution in [3.8, 4) is 5.69 Å². The summed E-state index contributed by atoms with van der Waals surface area (Å²) in [6.07, 6.45) is 3.17. The fraction of sp³-hybridized carbons (Fsp3) is 0.0625. The molecule has 0 radical (unpaired) electrons. The van der Waals surface area contributed by atoms with Crippen molar-refractivity contribution in [1.82, 2.24) is 19.7 Å². The van der Waals surface area contributed by atoms with Gasteiger partial charge in [-0.1, -0.05) is 6.07 Å². The number of carboxylic acid groups (broad SMARTS) is 1. The Bertz CT molecular complexity index is 1010. The highest BCUT2D eigenvalue weighted by molar-refractivity contribution is 8.04. The van der Waals surface area contributed by atoms with E-state index < -0.39 is 10.9 Å². The minimum absolute atomic E-state index is 0.0226. The number of aryl methyl sites for hydroxylation is 1. The summed E-state index contributed by atoms with van der Waals surface area (Å²) in [5.74, 6) is -0.540. The molecule has 10 heteroatoms. The molecule has 0 aliphatic rings. The van der Waals surface area contributed by atoms with Crippen molar-refractivity contribution in [2.75, 3.05) is 0 Å². The molecule has 0 saturated heterocycles. The van der Waals surface area contributed by atoms with E-state index >= 15 is 0 Å². The molecule has 2 N–H and O–H groups in total. The number of aromatic amines is 1. The predicted octanol–water partition coefficient (Wildman–Crippen LogP) is 3.03. The van der Waals surface area contributed by atoms with Gasteiger partial charge in [-0.3, -0.25) is 15.2 Å². The number of thioether (sulfide) groups is 1. The van der Waals surface area contributed by atoms with Gasteiger partial charge >= 0.3 is 5.97 Å². The quantitative estimate of drug-likeness (QED) is 0.295. The average Bonchev–Trinajstić information content (AvgIpc) is 3.23. The maximum atomic E-state index is 11.6. The van der Waals surface area contributed by atoms with Gasteiger partial charge in [-0.25, -0.2) is 9.78 Å². The fourth-order valence-electron chi connectivity index (χ4n) is 2.24. The Hall–Kier alpha value is -3.40. The van der Waals surface area contributed by atoms with Crippen molar-refractivity contribution in [2.24, 2.45) is 0 Å². The van der Waals surface area contributed by atoms with Crippen LogP contribution >= 0.6 is 11.8 Å². The van der Waals surface area contributed by atoms with E-state index in [9.17, 15) is 20.0 Å². The van der Waals surface area contributed by atoms with Gasteiger partial charge in [0.15, 0.2) is 0 Å². The third kappa shape index (κ3) is 3.81. The highest BCUT2D eigenvalue weighted by atomic mass is 32.2. The molecule has 2 heterocycles. The summed E-state index contributed by atoms with van der Waals surface area (Å²) >= 11 is 0.914. The molecule has 0 saturated carbocycles. The lowest BCUT2D eigenvalue weighted by Gasteiger charge is -2.07. The van der Waals surface area contributed by atoms with Crippen LogP contribution in [0.2, 0.25) is 0 Å². The number of nitro groups is 1. The molecule has 2 aromatic heterocycles. The average molecular weight is 371 g/mol. The number of aromatic nitrogens is 4. The van der Waals surface area contributed by atoms with Crippen LogP contribution in [0.25, 0.3) is 11.8 Å². The second-order valence-corrected chi connectivity index (χ2v) is 6.21. The maximum Gasteiger partial charge on any atom is 0.342 e. The van der Waals surface area contributed by atoms with Gasteiger partial charge < -0.3 is 9.67 Å². The van der Waals surface area contributed by atoms with Crippen LogP contribution < -0.4 is 0 Å². The number of carboxylic acids is 1. The van der Waals surface area contributed by atoms with Crippen LogP contribution in [0.15, 0.2) is 52.7 Å². The van der Waals surface area contributed by atoms with E-state index in [0.717, 1.165) is 11.8 Å². The number of nitrogens with zero attached hydrogens (tertiary/aromatic N) is 4. The Labute approximate surface area is 151 Å². The molecule has 0 aliphatic carbocycles. The van der Waals surface area contributed by atoms with Gasteiger partial charge in [0.05, 0.1) is 10.6 Å². The lowest BCUT2D eigenvalue weighted by Crippen LogP contribution is -2.00. The lowest BCUT2D eigenvalue weighted by molar-refractivity contribution is -0.384. The van der Waals surface area contributed by atoms with Crippen LogP contribution in [0.4, 0.5) is 5.69 Å². The largest absolute Gasteiger partial charge is 0.477 e. The third-order valence-electron chi connectivity index (χ3n) is 3.37. The molecule has 0 atom stereocenters. The van der Waals surface area contributed by atoms with Gasteiger partial charge in [0, 0.05) is 24.0 Å². The fourth-order valence-corrected chi connectivity index (χ4v) is 2.98. The number of H-pyrrole nitrogens is 1. The lowest BCUT2D eigenvalue weighted by atomic mass is 10.2. The number of carbonyl (C=O) groups is 1. The summed E-state index contributed by atoms with van der Waals surface area (Å²) in [5.41, 5.74) is 1.07. The molecule has 0 spiro atoms. The summed E-state index contributed by atoms with van der Waals surface area (Å²) in [4.78, 5) is 26.2. The van der Waals surface area contributed by atoms with Crippen molar-refractivity contribution in [2.45, 2.75) is 12.1 Å². The minimum atomic E-state index is -1.12. The van der Waals surface area contributed by atoms with Gasteiger partial charge in [-0.05, 0) is 43.0 Å². The van der Waals surface area contributed by atoms with Crippen molar-refractivity contribution in [1.29, 1.82) is 0 Å². The highest BCUT2D eigenvalue weighted by Crippen LogP contribution is 2.27. The second-order valence-electron chi connectivity index (χ2n) is 5.20. The molecule has 132 valence electrons. The Morgan fingerprint density at radius 2 is 2.19 bits per heavy atom. The van der Waals surface area contributed by atoms with Crippen molar-refractivity contribution < 1.29 is 14.8 Å². The van der Waals surface area contributed by atoms with Crippen LogP contribution in [0, 0.1) is 17.0 Å². The van der Waals surface area contributed by atoms with Crippen molar-refractivity contribution in [3.05, 3.63) is 69.1 Å². The van der Waals surface area contributed by atoms with Crippen LogP contribution in [-0.2, 0) is 4.79 Å². The molecule has 0 unspecified atom stereocenters. The number of non-ortho nitro benzene ring substituents is 1. The summed E-state index contributed by atoms with van der Waals surface area (Å²) in [6, 6.07) is 9.54. The van der Waals surface area contributed by atoms with Crippen molar-refractivity contribution >= 4 is 29.5 Å². The zero-order chi connectivity index (χ0) is 18.7. The number of aliphatic carboxylic acids is 1. The minimum Gasteiger partial charge on any atom is -0.477 e. The maximum absolute atomic E-state index is 11.6. The first-order valence-corrected chi connectivity index (χ1v) is 8.20. The van der Waals surface area contributed by atoms with E-state index in [0.29, 0.717) is 22.4 Å². The van der Waals surface area contributed by atoms with Gasteiger partial charge in [0.2, 0.25) is 5.16 Å². The molecule has 26 heavy (non-hydrogen) atoms. The Balaban J connectivity index is 1.98. The Kier molecular flexibility index (Phi) is 4.85. The van der Waals surface area contributed by atoms with Gasteiger partial charge in [-0.2, -0.15) is 0 Å². The molecule has 3 aromatic rings. The molecular weight excluding hydrogens is 358 g/mol. The van der Waals surface area contributed by atoms with E-state index in [1.165, 1.54) is 18.2 Å². The molecular formula is C16H13N5O4S. The van der Waals surface area contributed by atoms with E-state index in [1.807, 2.05) is 0 Å². The molecule has 3 rings (SSSR count). The number of benzene rings is 1. The first-order valence-electron chi connectivity index (χ1n) is 7.38. The number of nitro benzene ring substituents is 1. The topological polar surface area (TPSA) is 127 Å². The standard InChI is InChI=1S/C16H13N5O4S/c1-10-17-16(19-18-10)26-14(15(22)23)9-12-6-3-7-20(12)11-4-2-5-13(8-11)21(24)25/h2-9H,1H3,(H,22,23)(H,17,18,19)/b14-9-. The van der Waals surface area contributed by atoms with Gasteiger partial charge in [0.1, 0.15) is 10.7 Å². The monoisotopic (exact) mass is 371 g/mol. The van der Waals surface area contributed by atoms with E-state index in [2.05, 4.69) is 15.2 Å². The SMILES string of the molecule is Cc1nc(S/C(=C\c2cccn2-c2cccc([N+](=O)[O-])c2)C(=O)O)n[nH]1. The zero-order valence-electron chi connectivity index (χ0n) is 13.5. The molecule has 1 aromatic carbocycles. The number of hydrogen-bond donors (Lipinski definition) is 2. The third-order valence-corrected chi connectivity index (χ3v) is 4.24. The zero-order valence-corrected chi connectivity index (χ0v) is 14.3. The summed E-state index contributed by atoms with van der Waals surface area (Å²) < 4.78 is 1.67. The van der Waals surface area contributed by atoms with Crippen LogP contribution in [0.5, 0.6) is 0 Å². The number of nitrogens with one attached hydrogen (secondary N) is 1. The van der Waals surface area contributed by atoms with Crippen LogP contribution in [0.3, 0.4) is 0 Å². The number of hydrogen-bond acceptors (Lipinski definition) is 6. The second kappa shape index (κ2) is 7.23. The molecule has 9 nitrogen and oxygen atoms in total. The smallest absolute Gasteiger partial charge is 0.342 e. The molecule has 0 bridgehead atoms. The Morgan fingerprint density at radius 3 is 2.85 bits per heavy atom. The summed E-state index contributed by atoms with van der Waals surface area (Å²) in [5, 5.41) is 27.3. The normalized spacial score (nSPS) is 11.5. The van der Waals surface area contributed by atoms with E-state index in [-0.39, 0.29) is 10.6 Å². The van der Waals surface area contributed by atoms with Crippen LogP contribution in [-0.4, -0.2) is 35.7 Å². The molecule has 0 amide bonds. The van der Waals surface area contributed by atoms with Gasteiger partial charge in [-0.15, -0.1) is 5.10 Å². The Morgan fingerprint density at radius 1 is 1.38 bits per heavy atom. The first kappa shape index (κ1) is 17.4. The van der Waals surface area contributed by atoms with E-state index in [1.54, 1.807) is 42.0 Å². The highest BCUT2D eigenvalue weighted by Gasteiger charge is 2.15. The summed E-state index contributed by atoms with van der Waals surface area (Å²) in [7, 11) is 0.